The Morgan fingerprint density at radius 1 is 1.38 bits per heavy atom. The Bertz CT molecular complexity index is 803. The fraction of sp³-hybridized carbons (Fsp3) is 0.304. The summed E-state index contributed by atoms with van der Waals surface area (Å²) in [6, 6.07) is 12.3. The summed E-state index contributed by atoms with van der Waals surface area (Å²) >= 11 is 0. The highest BCUT2D eigenvalue weighted by molar-refractivity contribution is 5.97. The highest BCUT2D eigenvalue weighted by Gasteiger charge is 2.29. The third-order valence-corrected chi connectivity index (χ3v) is 4.75. The molecule has 0 aromatic heterocycles. The van der Waals surface area contributed by atoms with Gasteiger partial charge in [-0.15, -0.1) is 6.42 Å². The minimum atomic E-state index is -0.186. The molecule has 1 aromatic carbocycles. The zero-order valence-electron chi connectivity index (χ0n) is 15.4. The molecule has 0 unspecified atom stereocenters. The van der Waals surface area contributed by atoms with Crippen molar-refractivity contribution in [2.75, 3.05) is 13.1 Å². The quantitative estimate of drug-likeness (QED) is 0.347. The molecule has 1 aromatic rings. The molecule has 0 saturated carbocycles. The highest BCUT2D eigenvalue weighted by atomic mass is 16.2. The van der Waals surface area contributed by atoms with Crippen LogP contribution in [0.5, 0.6) is 0 Å². The van der Waals surface area contributed by atoms with Crippen LogP contribution in [0.1, 0.15) is 31.7 Å². The maximum absolute atomic E-state index is 12.8. The fourth-order valence-electron chi connectivity index (χ4n) is 3.27. The molecule has 132 valence electrons. The number of benzene rings is 1. The van der Waals surface area contributed by atoms with Crippen molar-refractivity contribution in [3.8, 4) is 18.4 Å². The largest absolute Gasteiger partial charge is 0.337 e. The molecular weight excluding hydrogens is 320 g/mol. The lowest BCUT2D eigenvalue weighted by atomic mass is 9.97. The number of carbonyl (C=O) groups excluding carboxylic acids is 1. The van der Waals surface area contributed by atoms with Gasteiger partial charge in [0.15, 0.2) is 0 Å². The van der Waals surface area contributed by atoms with E-state index in [9.17, 15) is 10.1 Å². The first-order valence-corrected chi connectivity index (χ1v) is 8.85. The number of hydrogen-bond donors (Lipinski definition) is 0. The second-order valence-electron chi connectivity index (χ2n) is 6.42. The summed E-state index contributed by atoms with van der Waals surface area (Å²) in [4.78, 5) is 14.6. The van der Waals surface area contributed by atoms with Gasteiger partial charge in [0.25, 0.3) is 5.91 Å². The Morgan fingerprint density at radius 2 is 2.12 bits per heavy atom. The SMILES string of the molecule is C#C/C=C\C(=C/C)[C@@H](C)/C=C(\C#N)C(=O)N1CC[C@@H](c2ccccc2)C1. The minimum Gasteiger partial charge on any atom is -0.337 e. The van der Waals surface area contributed by atoms with Crippen LogP contribution in [0, 0.1) is 29.6 Å². The molecule has 26 heavy (non-hydrogen) atoms. The van der Waals surface area contributed by atoms with Crippen LogP contribution in [0.25, 0.3) is 0 Å². The van der Waals surface area contributed by atoms with Crippen molar-refractivity contribution in [3.05, 3.63) is 71.3 Å². The number of likely N-dealkylation sites (tertiary alicyclic amines) is 1. The summed E-state index contributed by atoms with van der Waals surface area (Å²) in [7, 11) is 0. The van der Waals surface area contributed by atoms with E-state index in [0.717, 1.165) is 12.0 Å². The topological polar surface area (TPSA) is 44.1 Å². The molecule has 2 rings (SSSR count). The predicted molar refractivity (Wildman–Crippen MR) is 105 cm³/mol. The minimum absolute atomic E-state index is 0.0595. The van der Waals surface area contributed by atoms with Gasteiger partial charge >= 0.3 is 0 Å². The van der Waals surface area contributed by atoms with E-state index >= 15 is 0 Å². The van der Waals surface area contributed by atoms with Crippen molar-refractivity contribution < 1.29 is 4.79 Å². The van der Waals surface area contributed by atoms with Crippen molar-refractivity contribution in [2.45, 2.75) is 26.2 Å². The molecule has 2 atom stereocenters. The van der Waals surface area contributed by atoms with Crippen LogP contribution in [-0.2, 0) is 4.79 Å². The van der Waals surface area contributed by atoms with Gasteiger partial charge in [0.1, 0.15) is 11.6 Å². The van der Waals surface area contributed by atoms with Crippen molar-refractivity contribution in [3.63, 3.8) is 0 Å². The van der Waals surface area contributed by atoms with E-state index in [1.54, 1.807) is 17.1 Å². The lowest BCUT2D eigenvalue weighted by Crippen LogP contribution is -2.29. The van der Waals surface area contributed by atoms with E-state index < -0.39 is 0 Å². The van der Waals surface area contributed by atoms with Gasteiger partial charge < -0.3 is 4.90 Å². The number of allylic oxidation sites excluding steroid dienone is 5. The van der Waals surface area contributed by atoms with Crippen LogP contribution in [0.2, 0.25) is 0 Å². The van der Waals surface area contributed by atoms with Gasteiger partial charge in [0.2, 0.25) is 0 Å². The average molecular weight is 344 g/mol. The number of nitrogens with zero attached hydrogens (tertiary/aromatic N) is 2. The Balaban J connectivity index is 2.11. The smallest absolute Gasteiger partial charge is 0.264 e. The third-order valence-electron chi connectivity index (χ3n) is 4.75. The number of terminal acetylenes is 1. The van der Waals surface area contributed by atoms with Crippen molar-refractivity contribution >= 4 is 5.91 Å². The molecule has 3 heteroatoms. The summed E-state index contributed by atoms with van der Waals surface area (Å²) in [5, 5.41) is 9.48. The van der Waals surface area contributed by atoms with Gasteiger partial charge in [-0.2, -0.15) is 5.26 Å². The summed E-state index contributed by atoms with van der Waals surface area (Å²) in [6.07, 6.45) is 13.3. The standard InChI is InChI=1S/C23H24N2O/c1-4-6-10-19(5-2)18(3)15-22(16-24)23(26)25-14-13-21(17-25)20-11-8-7-9-12-20/h1,5-12,15,18,21H,13-14,17H2,2-3H3/b10-6-,19-5+,22-15+/t18-,21+/m0/s1. The molecule has 1 aliphatic heterocycles. The van der Waals surface area contributed by atoms with Gasteiger partial charge in [-0.05, 0) is 30.6 Å². The summed E-state index contributed by atoms with van der Waals surface area (Å²) in [5.41, 5.74) is 2.42. The van der Waals surface area contributed by atoms with Gasteiger partial charge in [-0.25, -0.2) is 0 Å². The van der Waals surface area contributed by atoms with Crippen LogP contribution >= 0.6 is 0 Å². The molecular formula is C23H24N2O. The second kappa shape index (κ2) is 9.44. The highest BCUT2D eigenvalue weighted by Crippen LogP contribution is 2.28. The molecule has 0 radical (unpaired) electrons. The first kappa shape index (κ1) is 19.3. The summed E-state index contributed by atoms with van der Waals surface area (Å²) in [5.74, 6) is 2.55. The first-order chi connectivity index (χ1) is 12.6. The summed E-state index contributed by atoms with van der Waals surface area (Å²) < 4.78 is 0. The average Bonchev–Trinajstić information content (AvgIpc) is 3.17. The van der Waals surface area contributed by atoms with Crippen LogP contribution in [0.3, 0.4) is 0 Å². The van der Waals surface area contributed by atoms with Gasteiger partial charge in [0, 0.05) is 24.9 Å². The van der Waals surface area contributed by atoms with Gasteiger partial charge in [0.05, 0.1) is 0 Å². The van der Waals surface area contributed by atoms with Gasteiger partial charge in [-0.1, -0.05) is 61.4 Å². The van der Waals surface area contributed by atoms with Crippen molar-refractivity contribution in [1.82, 2.24) is 4.90 Å². The van der Waals surface area contributed by atoms with Crippen molar-refractivity contribution in [1.29, 1.82) is 5.26 Å². The Morgan fingerprint density at radius 3 is 2.73 bits per heavy atom. The number of amides is 1. The molecule has 1 fully saturated rings. The molecule has 0 aliphatic carbocycles. The number of nitriles is 1. The van der Waals surface area contributed by atoms with E-state index in [-0.39, 0.29) is 17.4 Å². The van der Waals surface area contributed by atoms with Crippen LogP contribution in [-0.4, -0.2) is 23.9 Å². The fourth-order valence-corrected chi connectivity index (χ4v) is 3.27. The summed E-state index contributed by atoms with van der Waals surface area (Å²) in [6.45, 7) is 5.21. The third kappa shape index (κ3) is 4.74. The lowest BCUT2D eigenvalue weighted by molar-refractivity contribution is -0.125. The monoisotopic (exact) mass is 344 g/mol. The molecule has 1 amide bonds. The zero-order chi connectivity index (χ0) is 18.9. The Kier molecular flexibility index (Phi) is 7.01. The van der Waals surface area contributed by atoms with E-state index in [1.807, 2.05) is 44.2 Å². The van der Waals surface area contributed by atoms with E-state index in [4.69, 9.17) is 6.42 Å². The Hall–Kier alpha value is -3.04. The molecule has 0 spiro atoms. The number of hydrogen-bond acceptors (Lipinski definition) is 2. The first-order valence-electron chi connectivity index (χ1n) is 8.85. The number of carbonyl (C=O) groups is 1. The molecule has 1 aliphatic rings. The lowest BCUT2D eigenvalue weighted by Gasteiger charge is -2.17. The van der Waals surface area contributed by atoms with Crippen molar-refractivity contribution in [2.24, 2.45) is 5.92 Å². The maximum atomic E-state index is 12.8. The van der Waals surface area contributed by atoms with Crippen LogP contribution in [0.4, 0.5) is 0 Å². The van der Waals surface area contributed by atoms with E-state index in [1.165, 1.54) is 5.56 Å². The van der Waals surface area contributed by atoms with Crippen LogP contribution < -0.4 is 0 Å². The molecule has 1 heterocycles. The molecule has 3 nitrogen and oxygen atoms in total. The predicted octanol–water partition coefficient (Wildman–Crippen LogP) is 4.22. The number of rotatable bonds is 5. The molecule has 1 saturated heterocycles. The van der Waals surface area contributed by atoms with Gasteiger partial charge in [-0.3, -0.25) is 4.79 Å². The van der Waals surface area contributed by atoms with E-state index in [2.05, 4.69) is 24.1 Å². The second-order valence-corrected chi connectivity index (χ2v) is 6.42. The zero-order valence-corrected chi connectivity index (χ0v) is 15.4. The molecule has 0 bridgehead atoms. The maximum Gasteiger partial charge on any atom is 0.264 e. The normalized spacial score (nSPS) is 19.2. The molecule has 0 N–H and O–H groups in total. The Labute approximate surface area is 156 Å². The van der Waals surface area contributed by atoms with Crippen LogP contribution in [0.15, 0.2) is 65.8 Å². The van der Waals surface area contributed by atoms with E-state index in [0.29, 0.717) is 19.0 Å².